The van der Waals surface area contributed by atoms with E-state index in [4.69, 9.17) is 4.74 Å². The first-order valence-corrected chi connectivity index (χ1v) is 6.27. The molecule has 1 unspecified atom stereocenters. The second-order valence-electron chi connectivity index (χ2n) is 4.31. The molecular weight excluding hydrogens is 230 g/mol. The molecule has 1 atom stereocenters. The van der Waals surface area contributed by atoms with Gasteiger partial charge >= 0.3 is 0 Å². The minimum absolute atomic E-state index is 0.0189. The number of hydrogen-bond acceptors (Lipinski definition) is 4. The fourth-order valence-electron chi connectivity index (χ4n) is 2.35. The largest absolute Gasteiger partial charge is 0.494 e. The predicted molar refractivity (Wildman–Crippen MR) is 68.8 cm³/mol. The number of nitrogens with zero attached hydrogens (tertiary/aromatic N) is 2. The van der Waals surface area contributed by atoms with Gasteiger partial charge in [0.1, 0.15) is 5.75 Å². The molecule has 0 bridgehead atoms. The highest BCUT2D eigenvalue weighted by Crippen LogP contribution is 2.20. The Morgan fingerprint density at radius 1 is 1.67 bits per heavy atom. The number of pyridine rings is 1. The zero-order valence-corrected chi connectivity index (χ0v) is 10.8. The molecular formula is C13H19N3O2. The quantitative estimate of drug-likeness (QED) is 0.862. The first-order chi connectivity index (χ1) is 8.77. The van der Waals surface area contributed by atoms with E-state index in [1.54, 1.807) is 25.6 Å². The third-order valence-corrected chi connectivity index (χ3v) is 3.31. The maximum absolute atomic E-state index is 12.5. The van der Waals surface area contributed by atoms with Gasteiger partial charge < -0.3 is 15.0 Å². The maximum atomic E-state index is 12.5. The number of amides is 1. The van der Waals surface area contributed by atoms with Gasteiger partial charge in [0.05, 0.1) is 18.9 Å². The van der Waals surface area contributed by atoms with Crippen LogP contribution in [0.15, 0.2) is 18.5 Å². The summed E-state index contributed by atoms with van der Waals surface area (Å²) in [4.78, 5) is 18.4. The fraction of sp³-hybridized carbons (Fsp3) is 0.538. The molecule has 5 heteroatoms. The van der Waals surface area contributed by atoms with E-state index >= 15 is 0 Å². The van der Waals surface area contributed by atoms with Gasteiger partial charge in [0.25, 0.3) is 5.91 Å². The lowest BCUT2D eigenvalue weighted by Crippen LogP contribution is -2.41. The summed E-state index contributed by atoms with van der Waals surface area (Å²) in [5.74, 6) is 0.553. The molecule has 2 heterocycles. The molecule has 0 aliphatic carbocycles. The van der Waals surface area contributed by atoms with Gasteiger partial charge in [-0.3, -0.25) is 9.78 Å². The number of likely N-dealkylation sites (N-methyl/N-ethyl adjacent to an activating group) is 1. The highest BCUT2D eigenvalue weighted by molar-refractivity contribution is 5.97. The van der Waals surface area contributed by atoms with Crippen molar-refractivity contribution in [1.29, 1.82) is 0 Å². The molecule has 98 valence electrons. The van der Waals surface area contributed by atoms with E-state index in [0.717, 1.165) is 19.5 Å². The van der Waals surface area contributed by atoms with Gasteiger partial charge in [0, 0.05) is 25.3 Å². The Hall–Kier alpha value is -1.62. The molecule has 2 rings (SSSR count). The van der Waals surface area contributed by atoms with Crippen LogP contribution >= 0.6 is 0 Å². The average molecular weight is 249 g/mol. The second-order valence-corrected chi connectivity index (χ2v) is 4.31. The van der Waals surface area contributed by atoms with E-state index in [1.807, 2.05) is 11.8 Å². The highest BCUT2D eigenvalue weighted by Gasteiger charge is 2.27. The lowest BCUT2D eigenvalue weighted by Gasteiger charge is -2.27. The SMILES string of the molecule is CCN(C(=O)c1ccncc1OC)C1CCNC1. The minimum atomic E-state index is 0.0189. The number of nitrogens with one attached hydrogen (secondary N) is 1. The van der Waals surface area contributed by atoms with Gasteiger partial charge in [-0.2, -0.15) is 0 Å². The molecule has 1 amide bonds. The average Bonchev–Trinajstić information content (AvgIpc) is 2.93. The summed E-state index contributed by atoms with van der Waals surface area (Å²) in [6.45, 7) is 4.55. The van der Waals surface area contributed by atoms with Crippen LogP contribution in [0.5, 0.6) is 5.75 Å². The van der Waals surface area contributed by atoms with Crippen molar-refractivity contribution >= 4 is 5.91 Å². The summed E-state index contributed by atoms with van der Waals surface area (Å²) in [7, 11) is 1.56. The third kappa shape index (κ3) is 2.46. The summed E-state index contributed by atoms with van der Waals surface area (Å²) in [5, 5.41) is 3.28. The lowest BCUT2D eigenvalue weighted by atomic mass is 10.1. The van der Waals surface area contributed by atoms with Crippen molar-refractivity contribution in [2.75, 3.05) is 26.7 Å². The van der Waals surface area contributed by atoms with Crippen LogP contribution in [0.2, 0.25) is 0 Å². The van der Waals surface area contributed by atoms with Gasteiger partial charge in [-0.25, -0.2) is 0 Å². The molecule has 1 aromatic rings. The minimum Gasteiger partial charge on any atom is -0.494 e. The van der Waals surface area contributed by atoms with Crippen molar-refractivity contribution in [2.24, 2.45) is 0 Å². The Morgan fingerprint density at radius 2 is 2.50 bits per heavy atom. The number of carbonyl (C=O) groups excluding carboxylic acids is 1. The van der Waals surface area contributed by atoms with Crippen molar-refractivity contribution in [2.45, 2.75) is 19.4 Å². The molecule has 1 N–H and O–H groups in total. The molecule has 5 nitrogen and oxygen atoms in total. The van der Waals surface area contributed by atoms with Gasteiger partial charge in [-0.1, -0.05) is 0 Å². The second kappa shape index (κ2) is 5.82. The van der Waals surface area contributed by atoms with Gasteiger partial charge in [-0.05, 0) is 26.0 Å². The monoisotopic (exact) mass is 249 g/mol. The zero-order chi connectivity index (χ0) is 13.0. The summed E-state index contributed by atoms with van der Waals surface area (Å²) in [6, 6.07) is 1.99. The van der Waals surface area contributed by atoms with Crippen LogP contribution < -0.4 is 10.1 Å². The smallest absolute Gasteiger partial charge is 0.258 e. The van der Waals surface area contributed by atoms with Crippen LogP contribution in [0.4, 0.5) is 0 Å². The van der Waals surface area contributed by atoms with Gasteiger partial charge in [-0.15, -0.1) is 0 Å². The Bertz CT molecular complexity index is 416. The predicted octanol–water partition coefficient (Wildman–Crippen LogP) is 0.914. The Labute approximate surface area is 107 Å². The summed E-state index contributed by atoms with van der Waals surface area (Å²) in [6.07, 6.45) is 4.21. The number of carbonyl (C=O) groups is 1. The van der Waals surface area contributed by atoms with E-state index in [-0.39, 0.29) is 11.9 Å². The number of rotatable bonds is 4. The summed E-state index contributed by atoms with van der Waals surface area (Å²) < 4.78 is 5.20. The molecule has 18 heavy (non-hydrogen) atoms. The zero-order valence-electron chi connectivity index (χ0n) is 10.8. The molecule has 0 aromatic carbocycles. The molecule has 1 saturated heterocycles. The number of ether oxygens (including phenoxy) is 1. The Balaban J connectivity index is 2.22. The number of aromatic nitrogens is 1. The Morgan fingerprint density at radius 3 is 3.11 bits per heavy atom. The van der Waals surface area contributed by atoms with E-state index in [1.165, 1.54) is 0 Å². The van der Waals surface area contributed by atoms with E-state index in [0.29, 0.717) is 17.9 Å². The summed E-state index contributed by atoms with van der Waals surface area (Å²) >= 11 is 0. The first kappa shape index (κ1) is 12.8. The third-order valence-electron chi connectivity index (χ3n) is 3.31. The van der Waals surface area contributed by atoms with Crippen LogP contribution in [0.25, 0.3) is 0 Å². The highest BCUT2D eigenvalue weighted by atomic mass is 16.5. The number of methoxy groups -OCH3 is 1. The standard InChI is InChI=1S/C13H19N3O2/c1-3-16(10-4-6-14-8-10)13(17)11-5-7-15-9-12(11)18-2/h5,7,9-10,14H,3-4,6,8H2,1-2H3. The van der Waals surface area contributed by atoms with Crippen LogP contribution in [-0.4, -0.2) is 48.6 Å². The van der Waals surface area contributed by atoms with Crippen molar-refractivity contribution in [3.63, 3.8) is 0 Å². The molecule has 1 aromatic heterocycles. The summed E-state index contributed by atoms with van der Waals surface area (Å²) in [5.41, 5.74) is 0.584. The Kier molecular flexibility index (Phi) is 4.15. The van der Waals surface area contributed by atoms with E-state index < -0.39 is 0 Å². The molecule has 1 fully saturated rings. The van der Waals surface area contributed by atoms with Crippen molar-refractivity contribution in [3.05, 3.63) is 24.0 Å². The van der Waals surface area contributed by atoms with Gasteiger partial charge in [0.15, 0.2) is 0 Å². The fourth-order valence-corrected chi connectivity index (χ4v) is 2.35. The van der Waals surface area contributed by atoms with E-state index in [2.05, 4.69) is 10.3 Å². The van der Waals surface area contributed by atoms with Crippen molar-refractivity contribution in [3.8, 4) is 5.75 Å². The van der Waals surface area contributed by atoms with Crippen LogP contribution in [-0.2, 0) is 0 Å². The molecule has 0 radical (unpaired) electrons. The van der Waals surface area contributed by atoms with Crippen LogP contribution in [0.1, 0.15) is 23.7 Å². The molecule has 0 spiro atoms. The number of hydrogen-bond donors (Lipinski definition) is 1. The van der Waals surface area contributed by atoms with Crippen LogP contribution in [0, 0.1) is 0 Å². The van der Waals surface area contributed by atoms with Crippen molar-refractivity contribution < 1.29 is 9.53 Å². The first-order valence-electron chi connectivity index (χ1n) is 6.27. The van der Waals surface area contributed by atoms with Crippen molar-refractivity contribution in [1.82, 2.24) is 15.2 Å². The molecule has 1 aliphatic rings. The van der Waals surface area contributed by atoms with Gasteiger partial charge in [0.2, 0.25) is 0 Å². The molecule has 0 saturated carbocycles. The topological polar surface area (TPSA) is 54.5 Å². The van der Waals surface area contributed by atoms with Crippen LogP contribution in [0.3, 0.4) is 0 Å². The maximum Gasteiger partial charge on any atom is 0.258 e. The normalized spacial score (nSPS) is 18.7. The van der Waals surface area contributed by atoms with E-state index in [9.17, 15) is 4.79 Å². The lowest BCUT2D eigenvalue weighted by molar-refractivity contribution is 0.0700. The molecule has 1 aliphatic heterocycles.